The molecule has 1 saturated carbocycles. The number of H-pyrrole nitrogens is 1. The standard InChI is InChI=1S/C26H38N2O3/c1-3-5-17-31-24(29)20(10-4-2)18-26(14-8-9-15-26)25(30)27-16-13-21-19-28-23-12-7-6-11-22(21)23/h6-7,11-12,19-20,28H,3-5,8-10,13-18H2,1-2H3,(H,27,30). The molecule has 5 heteroatoms. The van der Waals surface area contributed by atoms with Crippen molar-refractivity contribution in [2.45, 2.75) is 78.1 Å². The van der Waals surface area contributed by atoms with Crippen molar-refractivity contribution in [1.82, 2.24) is 10.3 Å². The van der Waals surface area contributed by atoms with Gasteiger partial charge in [-0.05, 0) is 50.2 Å². The third kappa shape index (κ3) is 5.90. The number of unbranched alkanes of at least 4 members (excludes halogenated alkanes) is 1. The van der Waals surface area contributed by atoms with E-state index in [2.05, 4.69) is 36.3 Å². The molecule has 3 rings (SSSR count). The first-order chi connectivity index (χ1) is 15.1. The lowest BCUT2D eigenvalue weighted by Gasteiger charge is -2.31. The Balaban J connectivity index is 1.60. The summed E-state index contributed by atoms with van der Waals surface area (Å²) in [5.41, 5.74) is 1.92. The van der Waals surface area contributed by atoms with E-state index in [1.54, 1.807) is 0 Å². The minimum Gasteiger partial charge on any atom is -0.465 e. The van der Waals surface area contributed by atoms with E-state index in [4.69, 9.17) is 4.74 Å². The van der Waals surface area contributed by atoms with Gasteiger partial charge >= 0.3 is 5.97 Å². The third-order valence-corrected chi connectivity index (χ3v) is 6.75. The van der Waals surface area contributed by atoms with Gasteiger partial charge in [-0.15, -0.1) is 0 Å². The molecule has 1 heterocycles. The van der Waals surface area contributed by atoms with Crippen molar-refractivity contribution >= 4 is 22.8 Å². The zero-order chi connectivity index (χ0) is 22.1. The zero-order valence-electron chi connectivity index (χ0n) is 19.2. The second-order valence-corrected chi connectivity index (χ2v) is 9.06. The van der Waals surface area contributed by atoms with Crippen LogP contribution in [0.3, 0.4) is 0 Å². The Morgan fingerprint density at radius 3 is 2.68 bits per heavy atom. The number of aromatic nitrogens is 1. The molecule has 0 radical (unpaired) electrons. The van der Waals surface area contributed by atoms with Crippen LogP contribution in [-0.4, -0.2) is 30.0 Å². The second kappa shape index (κ2) is 11.4. The molecule has 1 amide bonds. The number of benzene rings is 1. The Morgan fingerprint density at radius 2 is 1.94 bits per heavy atom. The highest BCUT2D eigenvalue weighted by atomic mass is 16.5. The Labute approximate surface area is 186 Å². The summed E-state index contributed by atoms with van der Waals surface area (Å²) < 4.78 is 5.53. The molecular formula is C26H38N2O3. The fourth-order valence-corrected chi connectivity index (χ4v) is 4.97. The van der Waals surface area contributed by atoms with Crippen molar-refractivity contribution in [2.24, 2.45) is 11.3 Å². The van der Waals surface area contributed by atoms with E-state index in [-0.39, 0.29) is 17.8 Å². The number of carbonyl (C=O) groups excluding carboxylic acids is 2. The molecule has 1 unspecified atom stereocenters. The lowest BCUT2D eigenvalue weighted by Crippen LogP contribution is -2.42. The lowest BCUT2D eigenvalue weighted by molar-refractivity contribution is -0.151. The van der Waals surface area contributed by atoms with Gasteiger partial charge in [0.25, 0.3) is 0 Å². The molecule has 1 aromatic heterocycles. The Kier molecular flexibility index (Phi) is 8.56. The van der Waals surface area contributed by atoms with Crippen LogP contribution in [0.1, 0.15) is 77.2 Å². The van der Waals surface area contributed by atoms with Gasteiger partial charge in [-0.2, -0.15) is 0 Å². The van der Waals surface area contributed by atoms with Crippen LogP contribution in [0.4, 0.5) is 0 Å². The molecule has 0 saturated heterocycles. The number of hydrogen-bond donors (Lipinski definition) is 2. The van der Waals surface area contributed by atoms with E-state index in [1.165, 1.54) is 10.9 Å². The maximum Gasteiger partial charge on any atom is 0.308 e. The molecule has 2 aromatic rings. The molecule has 0 aliphatic heterocycles. The molecule has 31 heavy (non-hydrogen) atoms. The number of aromatic amines is 1. The number of hydrogen-bond acceptors (Lipinski definition) is 3. The van der Waals surface area contributed by atoms with Gasteiger partial charge < -0.3 is 15.0 Å². The molecule has 1 aliphatic carbocycles. The molecule has 0 spiro atoms. The summed E-state index contributed by atoms with van der Waals surface area (Å²) in [6.45, 7) is 5.28. The summed E-state index contributed by atoms with van der Waals surface area (Å²) >= 11 is 0. The van der Waals surface area contributed by atoms with Crippen LogP contribution in [0.2, 0.25) is 0 Å². The van der Waals surface area contributed by atoms with Crippen molar-refractivity contribution in [2.75, 3.05) is 13.2 Å². The first-order valence-electron chi connectivity index (χ1n) is 12.1. The van der Waals surface area contributed by atoms with Gasteiger partial charge in [0.05, 0.1) is 12.5 Å². The summed E-state index contributed by atoms with van der Waals surface area (Å²) in [5, 5.41) is 4.42. The van der Waals surface area contributed by atoms with Crippen LogP contribution in [0.15, 0.2) is 30.5 Å². The van der Waals surface area contributed by atoms with Crippen molar-refractivity contribution < 1.29 is 14.3 Å². The maximum absolute atomic E-state index is 13.3. The van der Waals surface area contributed by atoms with Gasteiger partial charge in [-0.3, -0.25) is 9.59 Å². The van der Waals surface area contributed by atoms with E-state index in [0.717, 1.165) is 63.3 Å². The van der Waals surface area contributed by atoms with Crippen LogP contribution in [0.5, 0.6) is 0 Å². The second-order valence-electron chi connectivity index (χ2n) is 9.06. The normalized spacial score (nSPS) is 16.3. The smallest absolute Gasteiger partial charge is 0.308 e. The fourth-order valence-electron chi connectivity index (χ4n) is 4.97. The number of para-hydroxylation sites is 1. The van der Waals surface area contributed by atoms with E-state index in [1.807, 2.05) is 18.3 Å². The van der Waals surface area contributed by atoms with Gasteiger partial charge in [0, 0.05) is 29.1 Å². The topological polar surface area (TPSA) is 71.2 Å². The van der Waals surface area contributed by atoms with Gasteiger partial charge in [0.15, 0.2) is 0 Å². The quantitative estimate of drug-likeness (QED) is 0.346. The van der Waals surface area contributed by atoms with E-state index in [0.29, 0.717) is 19.6 Å². The van der Waals surface area contributed by atoms with Gasteiger partial charge in [0.2, 0.25) is 5.91 Å². The van der Waals surface area contributed by atoms with Gasteiger partial charge in [0.1, 0.15) is 0 Å². The minimum atomic E-state index is -0.427. The monoisotopic (exact) mass is 426 g/mol. The van der Waals surface area contributed by atoms with Crippen LogP contribution >= 0.6 is 0 Å². The Bertz CT molecular complexity index is 851. The highest BCUT2D eigenvalue weighted by Gasteiger charge is 2.44. The molecule has 170 valence electrons. The number of ether oxygens (including phenoxy) is 1. The number of nitrogens with one attached hydrogen (secondary N) is 2. The minimum absolute atomic E-state index is 0.117. The summed E-state index contributed by atoms with van der Waals surface area (Å²) in [4.78, 5) is 29.3. The van der Waals surface area contributed by atoms with Crippen molar-refractivity contribution in [1.29, 1.82) is 0 Å². The average Bonchev–Trinajstić information content (AvgIpc) is 3.42. The maximum atomic E-state index is 13.3. The number of amides is 1. The Hall–Kier alpha value is -2.30. The summed E-state index contributed by atoms with van der Waals surface area (Å²) in [6, 6.07) is 8.24. The van der Waals surface area contributed by atoms with E-state index < -0.39 is 5.41 Å². The highest BCUT2D eigenvalue weighted by molar-refractivity contribution is 5.85. The SMILES string of the molecule is CCCCOC(=O)C(CCC)CC1(C(=O)NCCc2c[nH]c3ccccc23)CCCC1. The molecule has 5 nitrogen and oxygen atoms in total. The molecular weight excluding hydrogens is 388 g/mol. The van der Waals surface area contributed by atoms with Crippen molar-refractivity contribution in [3.8, 4) is 0 Å². The fraction of sp³-hybridized carbons (Fsp3) is 0.615. The Morgan fingerprint density at radius 1 is 1.16 bits per heavy atom. The lowest BCUT2D eigenvalue weighted by atomic mass is 9.75. The zero-order valence-corrected chi connectivity index (χ0v) is 19.2. The number of carbonyl (C=O) groups is 2. The van der Waals surface area contributed by atoms with Gasteiger partial charge in [-0.1, -0.05) is 57.7 Å². The van der Waals surface area contributed by atoms with E-state index in [9.17, 15) is 9.59 Å². The predicted octanol–water partition coefficient (Wildman–Crippen LogP) is 5.54. The van der Waals surface area contributed by atoms with Crippen LogP contribution in [-0.2, 0) is 20.7 Å². The van der Waals surface area contributed by atoms with Crippen molar-refractivity contribution in [3.63, 3.8) is 0 Å². The molecule has 1 aromatic carbocycles. The molecule has 1 atom stereocenters. The number of esters is 1. The predicted molar refractivity (Wildman–Crippen MR) is 125 cm³/mol. The molecule has 1 aliphatic rings. The largest absolute Gasteiger partial charge is 0.465 e. The highest BCUT2D eigenvalue weighted by Crippen LogP contribution is 2.44. The van der Waals surface area contributed by atoms with E-state index >= 15 is 0 Å². The molecule has 1 fully saturated rings. The van der Waals surface area contributed by atoms with Crippen LogP contribution in [0, 0.1) is 11.3 Å². The van der Waals surface area contributed by atoms with Gasteiger partial charge in [-0.25, -0.2) is 0 Å². The average molecular weight is 427 g/mol. The van der Waals surface area contributed by atoms with Crippen molar-refractivity contribution in [3.05, 3.63) is 36.0 Å². The number of fused-ring (bicyclic) bond motifs is 1. The number of rotatable bonds is 12. The summed E-state index contributed by atoms with van der Waals surface area (Å²) in [7, 11) is 0. The van der Waals surface area contributed by atoms with Crippen LogP contribution < -0.4 is 5.32 Å². The first-order valence-corrected chi connectivity index (χ1v) is 12.1. The summed E-state index contributed by atoms with van der Waals surface area (Å²) in [6.07, 6.45) is 10.9. The first kappa shape index (κ1) is 23.4. The van der Waals surface area contributed by atoms with Crippen LogP contribution in [0.25, 0.3) is 10.9 Å². The molecule has 0 bridgehead atoms. The molecule has 2 N–H and O–H groups in total. The third-order valence-electron chi connectivity index (χ3n) is 6.75. The summed E-state index contributed by atoms with van der Waals surface area (Å²) in [5.74, 6) is -0.181.